The van der Waals surface area contributed by atoms with Crippen LogP contribution in [-0.2, 0) is 26.5 Å². The van der Waals surface area contributed by atoms with Crippen molar-refractivity contribution in [1.29, 1.82) is 0 Å². The number of alkyl halides is 3. The van der Waals surface area contributed by atoms with Crippen molar-refractivity contribution in [2.24, 2.45) is 10.4 Å². The number of allylic oxidation sites excluding steroid dienone is 9. The standard InChI is InChI=1S/C20H18F3NO.Ti/c1-13-6-3-8-15(13)17-10-5-11-18(24-12-25)19(17,20(21,22)23)16-9-4-7-14(16)2;/h3-7,10-11,18H,8-9H2,1-2H3;. The van der Waals surface area contributed by atoms with Gasteiger partial charge in [-0.15, -0.1) is 0 Å². The molecule has 2 nitrogen and oxygen atoms in total. The van der Waals surface area contributed by atoms with E-state index in [1.807, 2.05) is 19.1 Å². The molecule has 26 heavy (non-hydrogen) atoms. The first kappa shape index (κ1) is 20.6. The summed E-state index contributed by atoms with van der Waals surface area (Å²) in [6.07, 6.45) is 8.93. The smallest absolute Gasteiger partial charge is 0.211 e. The molecule has 0 spiro atoms. The van der Waals surface area contributed by atoms with Crippen LogP contribution in [0.15, 0.2) is 75.4 Å². The van der Waals surface area contributed by atoms with Gasteiger partial charge >= 0.3 is 6.18 Å². The summed E-state index contributed by atoms with van der Waals surface area (Å²) in [6.45, 7) is 3.49. The summed E-state index contributed by atoms with van der Waals surface area (Å²) < 4.78 is 44.0. The molecule has 0 fully saturated rings. The first-order valence-electron chi connectivity index (χ1n) is 8.10. The quantitative estimate of drug-likeness (QED) is 0.364. The zero-order chi connectivity index (χ0) is 18.2. The molecule has 0 radical (unpaired) electrons. The minimum absolute atomic E-state index is 0. The number of carbonyl (C=O) groups excluding carboxylic acids is 1. The van der Waals surface area contributed by atoms with Crippen LogP contribution in [0, 0.1) is 5.41 Å². The maximum absolute atomic E-state index is 14.7. The Balaban J connectivity index is 0.00000243. The van der Waals surface area contributed by atoms with Crippen molar-refractivity contribution in [2.45, 2.75) is 38.9 Å². The Labute approximate surface area is 165 Å². The van der Waals surface area contributed by atoms with Gasteiger partial charge < -0.3 is 0 Å². The molecule has 134 valence electrons. The molecule has 0 bridgehead atoms. The van der Waals surface area contributed by atoms with Gasteiger partial charge in [-0.25, -0.2) is 4.79 Å². The molecule has 3 aliphatic carbocycles. The van der Waals surface area contributed by atoms with Crippen LogP contribution < -0.4 is 0 Å². The van der Waals surface area contributed by atoms with Gasteiger partial charge in [-0.05, 0) is 49.0 Å². The second-order valence-electron chi connectivity index (χ2n) is 6.47. The normalized spacial score (nSPS) is 27.6. The number of hydrogen-bond donors (Lipinski definition) is 0. The van der Waals surface area contributed by atoms with E-state index in [1.165, 1.54) is 18.2 Å². The summed E-state index contributed by atoms with van der Waals surface area (Å²) in [7, 11) is 0. The molecule has 6 heteroatoms. The van der Waals surface area contributed by atoms with Crippen LogP contribution in [0.3, 0.4) is 0 Å². The Kier molecular flexibility index (Phi) is 5.97. The van der Waals surface area contributed by atoms with Crippen molar-refractivity contribution in [3.8, 4) is 0 Å². The molecule has 0 aromatic rings. The number of hydrogen-bond acceptors (Lipinski definition) is 2. The van der Waals surface area contributed by atoms with Gasteiger partial charge in [-0.3, -0.25) is 0 Å². The van der Waals surface area contributed by atoms with E-state index in [4.69, 9.17) is 0 Å². The zero-order valence-corrected chi connectivity index (χ0v) is 16.1. The summed E-state index contributed by atoms with van der Waals surface area (Å²) in [5.74, 6) is 0. The molecular weight excluding hydrogens is 375 g/mol. The van der Waals surface area contributed by atoms with Crippen molar-refractivity contribution in [1.82, 2.24) is 0 Å². The van der Waals surface area contributed by atoms with Crippen molar-refractivity contribution >= 4 is 6.08 Å². The summed E-state index contributed by atoms with van der Waals surface area (Å²) in [4.78, 5) is 14.5. The SMILES string of the molecule is CC1=C(C2=CC=CC(N=C=O)C2(C2=C(C)C=CC2)C(F)(F)F)CC=C1.[Ti]. The summed E-state index contributed by atoms with van der Waals surface area (Å²) >= 11 is 0. The van der Waals surface area contributed by atoms with Crippen LogP contribution in [0.4, 0.5) is 13.2 Å². The second kappa shape index (κ2) is 7.52. The van der Waals surface area contributed by atoms with Crippen LogP contribution in [0.1, 0.15) is 26.7 Å². The van der Waals surface area contributed by atoms with Gasteiger partial charge in [0.15, 0.2) is 0 Å². The molecule has 0 heterocycles. The second-order valence-corrected chi connectivity index (χ2v) is 6.47. The van der Waals surface area contributed by atoms with Crippen LogP contribution in [0.25, 0.3) is 0 Å². The molecule has 0 aliphatic heterocycles. The van der Waals surface area contributed by atoms with E-state index in [0.717, 1.165) is 5.57 Å². The van der Waals surface area contributed by atoms with Crippen LogP contribution in [0.2, 0.25) is 0 Å². The minimum atomic E-state index is -4.60. The van der Waals surface area contributed by atoms with E-state index in [1.54, 1.807) is 25.2 Å². The monoisotopic (exact) mass is 393 g/mol. The van der Waals surface area contributed by atoms with Crippen LogP contribution in [0.5, 0.6) is 0 Å². The summed E-state index contributed by atoms with van der Waals surface area (Å²) in [5.41, 5.74) is 0.149. The molecule has 3 rings (SSSR count). The Morgan fingerprint density at radius 1 is 1.15 bits per heavy atom. The number of aliphatic imine (C=N–C) groups is 1. The fraction of sp³-hybridized carbons (Fsp3) is 0.350. The average molecular weight is 393 g/mol. The largest absolute Gasteiger partial charge is 0.404 e. The van der Waals surface area contributed by atoms with Gasteiger partial charge in [0.25, 0.3) is 0 Å². The molecule has 0 N–H and O–H groups in total. The molecule has 0 saturated heterocycles. The number of nitrogens with zero attached hydrogens (tertiary/aromatic N) is 1. The molecule has 0 saturated carbocycles. The first-order valence-corrected chi connectivity index (χ1v) is 8.10. The molecule has 2 unspecified atom stereocenters. The maximum atomic E-state index is 14.7. The minimum Gasteiger partial charge on any atom is -0.211 e. The van der Waals surface area contributed by atoms with Crippen molar-refractivity contribution in [2.75, 3.05) is 0 Å². The van der Waals surface area contributed by atoms with E-state index in [0.29, 0.717) is 17.6 Å². The van der Waals surface area contributed by atoms with Crippen molar-refractivity contribution in [3.05, 3.63) is 70.4 Å². The zero-order valence-electron chi connectivity index (χ0n) is 14.5. The van der Waals surface area contributed by atoms with Crippen molar-refractivity contribution in [3.63, 3.8) is 0 Å². The maximum Gasteiger partial charge on any atom is 0.404 e. The Morgan fingerprint density at radius 2 is 1.81 bits per heavy atom. The van der Waals surface area contributed by atoms with E-state index in [2.05, 4.69) is 4.99 Å². The van der Waals surface area contributed by atoms with E-state index >= 15 is 0 Å². The Morgan fingerprint density at radius 3 is 2.31 bits per heavy atom. The Bertz CT molecular complexity index is 836. The third-order valence-corrected chi connectivity index (χ3v) is 5.20. The van der Waals surface area contributed by atoms with E-state index in [9.17, 15) is 18.0 Å². The van der Waals surface area contributed by atoms with Crippen LogP contribution in [-0.4, -0.2) is 18.3 Å². The van der Waals surface area contributed by atoms with Gasteiger partial charge in [0.05, 0.1) is 0 Å². The Hall–Kier alpha value is -1.68. The summed E-state index contributed by atoms with van der Waals surface area (Å²) in [5, 5.41) is 0. The van der Waals surface area contributed by atoms with Gasteiger partial charge in [-0.1, -0.05) is 48.1 Å². The first-order chi connectivity index (χ1) is 11.8. The predicted octanol–water partition coefficient (Wildman–Crippen LogP) is 5.29. The fourth-order valence-electron chi connectivity index (χ4n) is 4.08. The molecule has 0 amide bonds. The van der Waals surface area contributed by atoms with E-state index in [-0.39, 0.29) is 39.3 Å². The molecule has 0 aromatic carbocycles. The molecule has 0 aromatic heterocycles. The third-order valence-electron chi connectivity index (χ3n) is 5.20. The van der Waals surface area contributed by atoms with Gasteiger partial charge in [-0.2, -0.15) is 18.2 Å². The molecule has 3 aliphatic rings. The molecule has 2 atom stereocenters. The van der Waals surface area contributed by atoms with Gasteiger partial charge in [0, 0.05) is 21.7 Å². The number of isocyanates is 1. The van der Waals surface area contributed by atoms with Crippen molar-refractivity contribution < 1.29 is 39.7 Å². The number of rotatable bonds is 3. The third kappa shape index (κ3) is 2.98. The number of halogens is 3. The van der Waals surface area contributed by atoms with Gasteiger partial charge in [0.1, 0.15) is 11.5 Å². The predicted molar refractivity (Wildman–Crippen MR) is 90.5 cm³/mol. The fourth-order valence-corrected chi connectivity index (χ4v) is 4.08. The topological polar surface area (TPSA) is 29.4 Å². The summed E-state index contributed by atoms with van der Waals surface area (Å²) in [6, 6.07) is -1.35. The van der Waals surface area contributed by atoms with E-state index < -0.39 is 17.6 Å². The molecular formula is C20H18F3NOTi. The van der Waals surface area contributed by atoms with Crippen LogP contribution >= 0.6 is 0 Å². The average Bonchev–Trinajstić information content (AvgIpc) is 3.15. The van der Waals surface area contributed by atoms with Gasteiger partial charge in [0.2, 0.25) is 6.08 Å².